The molecule has 18 heavy (non-hydrogen) atoms. The molecule has 0 unspecified atom stereocenters. The molecule has 2 rings (SSSR count). The second-order valence-corrected chi connectivity index (χ2v) is 6.12. The molecule has 0 spiro atoms. The lowest BCUT2D eigenvalue weighted by molar-refractivity contribution is 0.255. The van der Waals surface area contributed by atoms with E-state index in [1.54, 1.807) is 0 Å². The Kier molecular flexibility index (Phi) is 5.34. The maximum Gasteiger partial charge on any atom is 0.203 e. The second kappa shape index (κ2) is 7.01. The third-order valence-electron chi connectivity index (χ3n) is 3.31. The predicted molar refractivity (Wildman–Crippen MR) is 75.5 cm³/mol. The van der Waals surface area contributed by atoms with Crippen LogP contribution in [0.4, 0.5) is 5.13 Å². The highest BCUT2D eigenvalue weighted by molar-refractivity contribution is 7.15. The molecule has 0 radical (unpaired) electrons. The van der Waals surface area contributed by atoms with E-state index in [1.807, 2.05) is 0 Å². The number of nitrogens with zero attached hydrogens (tertiary/aromatic N) is 3. The number of likely N-dealkylation sites (tertiary alicyclic amines) is 1. The number of anilines is 1. The lowest BCUT2D eigenvalue weighted by Gasteiger charge is -2.24. The Balaban J connectivity index is 1.69. The maximum absolute atomic E-state index is 5.56. The molecule has 5 nitrogen and oxygen atoms in total. The standard InChI is InChI=1S/C12H23N5S/c1-10(9-17-6-4-2-3-5-7-17)14-8-11-15-16-12(13)18-11/h10,14H,2-9H2,1H3,(H2,13,16)/t10-/m0/s1. The zero-order valence-electron chi connectivity index (χ0n) is 11.1. The first kappa shape index (κ1) is 13.7. The van der Waals surface area contributed by atoms with Crippen molar-refractivity contribution in [3.8, 4) is 0 Å². The SMILES string of the molecule is C[C@@H](CN1CCCCCC1)NCc1nnc(N)s1. The topological polar surface area (TPSA) is 67.1 Å². The second-order valence-electron chi connectivity index (χ2n) is 5.03. The van der Waals surface area contributed by atoms with Crippen LogP contribution in [0.3, 0.4) is 0 Å². The average Bonchev–Trinajstić information content (AvgIpc) is 2.60. The summed E-state index contributed by atoms with van der Waals surface area (Å²) in [6.07, 6.45) is 5.48. The first-order valence-electron chi connectivity index (χ1n) is 6.77. The van der Waals surface area contributed by atoms with Gasteiger partial charge in [-0.1, -0.05) is 24.2 Å². The summed E-state index contributed by atoms with van der Waals surface area (Å²) in [5, 5.41) is 12.8. The number of aromatic nitrogens is 2. The van der Waals surface area contributed by atoms with Crippen LogP contribution < -0.4 is 11.1 Å². The van der Waals surface area contributed by atoms with Gasteiger partial charge in [0.15, 0.2) is 0 Å². The van der Waals surface area contributed by atoms with Gasteiger partial charge >= 0.3 is 0 Å². The van der Waals surface area contributed by atoms with Gasteiger partial charge in [0.1, 0.15) is 5.01 Å². The molecule has 1 saturated heterocycles. The largest absolute Gasteiger partial charge is 0.374 e. The first-order valence-corrected chi connectivity index (χ1v) is 7.59. The van der Waals surface area contributed by atoms with Gasteiger partial charge in [0.2, 0.25) is 5.13 Å². The first-order chi connectivity index (χ1) is 8.74. The lowest BCUT2D eigenvalue weighted by atomic mass is 10.2. The molecular weight excluding hydrogens is 246 g/mol. The molecule has 1 fully saturated rings. The molecule has 0 aromatic carbocycles. The van der Waals surface area contributed by atoms with Gasteiger partial charge in [-0.2, -0.15) is 0 Å². The maximum atomic E-state index is 5.56. The number of nitrogen functional groups attached to an aromatic ring is 1. The molecule has 3 N–H and O–H groups in total. The molecule has 6 heteroatoms. The van der Waals surface area contributed by atoms with Gasteiger partial charge in [-0.05, 0) is 32.9 Å². The van der Waals surface area contributed by atoms with E-state index >= 15 is 0 Å². The van der Waals surface area contributed by atoms with E-state index < -0.39 is 0 Å². The Hall–Kier alpha value is -0.720. The van der Waals surface area contributed by atoms with E-state index in [4.69, 9.17) is 5.73 Å². The molecule has 1 aliphatic rings. The summed E-state index contributed by atoms with van der Waals surface area (Å²) < 4.78 is 0. The van der Waals surface area contributed by atoms with Crippen molar-refractivity contribution in [1.82, 2.24) is 20.4 Å². The fourth-order valence-electron chi connectivity index (χ4n) is 2.37. The Bertz CT molecular complexity index is 346. The van der Waals surface area contributed by atoms with E-state index in [2.05, 4.69) is 27.3 Å². The average molecular weight is 269 g/mol. The van der Waals surface area contributed by atoms with E-state index in [0.29, 0.717) is 11.2 Å². The van der Waals surface area contributed by atoms with Crippen LogP contribution in [-0.2, 0) is 6.54 Å². The van der Waals surface area contributed by atoms with Crippen molar-refractivity contribution >= 4 is 16.5 Å². The predicted octanol–water partition coefficient (Wildman–Crippen LogP) is 1.47. The van der Waals surface area contributed by atoms with Crippen molar-refractivity contribution in [2.45, 2.75) is 45.2 Å². The van der Waals surface area contributed by atoms with E-state index in [0.717, 1.165) is 18.1 Å². The van der Waals surface area contributed by atoms with E-state index in [9.17, 15) is 0 Å². The van der Waals surface area contributed by atoms with Crippen molar-refractivity contribution < 1.29 is 0 Å². The fourth-order valence-corrected chi connectivity index (χ4v) is 2.93. The van der Waals surface area contributed by atoms with Crippen LogP contribution in [0, 0.1) is 0 Å². The number of nitrogens with one attached hydrogen (secondary N) is 1. The van der Waals surface area contributed by atoms with Crippen LogP contribution in [0.15, 0.2) is 0 Å². The highest BCUT2D eigenvalue weighted by atomic mass is 32.1. The number of hydrogen-bond acceptors (Lipinski definition) is 6. The van der Waals surface area contributed by atoms with Crippen molar-refractivity contribution in [1.29, 1.82) is 0 Å². The summed E-state index contributed by atoms with van der Waals surface area (Å²) >= 11 is 1.46. The summed E-state index contributed by atoms with van der Waals surface area (Å²) in [4.78, 5) is 2.57. The molecule has 0 aliphatic carbocycles. The Morgan fingerprint density at radius 2 is 2.00 bits per heavy atom. The molecule has 102 valence electrons. The zero-order chi connectivity index (χ0) is 12.8. The van der Waals surface area contributed by atoms with Gasteiger partial charge in [0, 0.05) is 12.6 Å². The summed E-state index contributed by atoms with van der Waals surface area (Å²) in [5.74, 6) is 0. The summed E-state index contributed by atoms with van der Waals surface area (Å²) in [5.41, 5.74) is 5.56. The molecule has 1 aromatic heterocycles. The molecule has 1 atom stereocenters. The van der Waals surface area contributed by atoms with E-state index in [-0.39, 0.29) is 0 Å². The third kappa shape index (κ3) is 4.51. The van der Waals surface area contributed by atoms with E-state index in [1.165, 1.54) is 50.1 Å². The van der Waals surface area contributed by atoms with Crippen LogP contribution >= 0.6 is 11.3 Å². The summed E-state index contributed by atoms with van der Waals surface area (Å²) in [6.45, 7) is 6.61. The number of nitrogens with two attached hydrogens (primary N) is 1. The normalized spacial score (nSPS) is 19.6. The minimum absolute atomic E-state index is 0.480. The Morgan fingerprint density at radius 3 is 2.61 bits per heavy atom. The van der Waals surface area contributed by atoms with Gasteiger partial charge in [-0.3, -0.25) is 0 Å². The number of rotatable bonds is 5. The van der Waals surface area contributed by atoms with Gasteiger partial charge in [-0.15, -0.1) is 10.2 Å². The molecule has 0 amide bonds. The Labute approximate surface area is 113 Å². The molecule has 1 aromatic rings. The van der Waals surface area contributed by atoms with Crippen molar-refractivity contribution in [3.05, 3.63) is 5.01 Å². The van der Waals surface area contributed by atoms with Crippen molar-refractivity contribution in [2.24, 2.45) is 0 Å². The van der Waals surface area contributed by atoms with Gasteiger partial charge < -0.3 is 16.0 Å². The van der Waals surface area contributed by atoms with Crippen molar-refractivity contribution in [3.63, 3.8) is 0 Å². The molecular formula is C12H23N5S. The van der Waals surface area contributed by atoms with Gasteiger partial charge in [0.25, 0.3) is 0 Å². The van der Waals surface area contributed by atoms with Crippen LogP contribution in [-0.4, -0.2) is 40.8 Å². The van der Waals surface area contributed by atoms with Crippen LogP contribution in [0.1, 0.15) is 37.6 Å². The molecule has 1 aliphatic heterocycles. The van der Waals surface area contributed by atoms with Crippen LogP contribution in [0.2, 0.25) is 0 Å². The highest BCUT2D eigenvalue weighted by Crippen LogP contribution is 2.12. The minimum Gasteiger partial charge on any atom is -0.374 e. The van der Waals surface area contributed by atoms with Crippen molar-refractivity contribution in [2.75, 3.05) is 25.4 Å². The molecule has 2 heterocycles. The third-order valence-corrected chi connectivity index (χ3v) is 4.07. The summed E-state index contributed by atoms with van der Waals surface area (Å²) in [6, 6.07) is 0.480. The zero-order valence-corrected chi connectivity index (χ0v) is 11.9. The molecule has 0 bridgehead atoms. The molecule has 0 saturated carbocycles. The Morgan fingerprint density at radius 1 is 1.28 bits per heavy atom. The quantitative estimate of drug-likeness (QED) is 0.847. The summed E-state index contributed by atoms with van der Waals surface area (Å²) in [7, 11) is 0. The van der Waals surface area contributed by atoms with Gasteiger partial charge in [0.05, 0.1) is 6.54 Å². The fraction of sp³-hybridized carbons (Fsp3) is 0.833. The van der Waals surface area contributed by atoms with Crippen LogP contribution in [0.25, 0.3) is 0 Å². The number of hydrogen-bond donors (Lipinski definition) is 2. The smallest absolute Gasteiger partial charge is 0.203 e. The van der Waals surface area contributed by atoms with Crippen LogP contribution in [0.5, 0.6) is 0 Å². The highest BCUT2D eigenvalue weighted by Gasteiger charge is 2.12. The van der Waals surface area contributed by atoms with Gasteiger partial charge in [-0.25, -0.2) is 0 Å². The lowest BCUT2D eigenvalue weighted by Crippen LogP contribution is -2.39. The minimum atomic E-state index is 0.480. The monoisotopic (exact) mass is 269 g/mol.